The first kappa shape index (κ1) is 14.6. The van der Waals surface area contributed by atoms with Gasteiger partial charge in [-0.3, -0.25) is 14.3 Å². The zero-order chi connectivity index (χ0) is 14.9. The second kappa shape index (κ2) is 5.64. The van der Waals surface area contributed by atoms with Gasteiger partial charge >= 0.3 is 5.97 Å². The zero-order valence-corrected chi connectivity index (χ0v) is 12.1. The van der Waals surface area contributed by atoms with Crippen molar-refractivity contribution in [2.24, 2.45) is 18.9 Å². The van der Waals surface area contributed by atoms with Crippen molar-refractivity contribution in [1.29, 1.82) is 0 Å². The average Bonchev–Trinajstić information content (AvgIpc) is 2.73. The Morgan fingerprint density at radius 2 is 2.20 bits per heavy atom. The summed E-state index contributed by atoms with van der Waals surface area (Å²) in [6, 6.07) is 1.64. The van der Waals surface area contributed by atoms with Gasteiger partial charge in [-0.15, -0.1) is 0 Å². The maximum Gasteiger partial charge on any atom is 0.308 e. The van der Waals surface area contributed by atoms with E-state index < -0.39 is 11.9 Å². The van der Waals surface area contributed by atoms with Gasteiger partial charge in [0.15, 0.2) is 0 Å². The predicted octanol–water partition coefficient (Wildman–Crippen LogP) is 0.920. The lowest BCUT2D eigenvalue weighted by Crippen LogP contribution is -2.53. The second-order valence-corrected chi connectivity index (χ2v) is 5.60. The van der Waals surface area contributed by atoms with Crippen LogP contribution in [0.3, 0.4) is 0 Å². The van der Waals surface area contributed by atoms with Crippen molar-refractivity contribution >= 4 is 11.9 Å². The summed E-state index contributed by atoms with van der Waals surface area (Å²) in [4.78, 5) is 25.2. The zero-order valence-electron chi connectivity index (χ0n) is 12.1. The van der Waals surface area contributed by atoms with Crippen LogP contribution in [-0.2, 0) is 23.1 Å². The van der Waals surface area contributed by atoms with Crippen LogP contribution in [0.1, 0.15) is 26.0 Å². The van der Waals surface area contributed by atoms with Crippen LogP contribution in [0.2, 0.25) is 0 Å². The van der Waals surface area contributed by atoms with E-state index in [0.29, 0.717) is 19.4 Å². The Bertz CT molecular complexity index is 512. The number of aromatic nitrogens is 2. The number of rotatable bonds is 4. The Morgan fingerprint density at radius 3 is 2.75 bits per heavy atom. The van der Waals surface area contributed by atoms with Gasteiger partial charge in [0, 0.05) is 38.7 Å². The minimum absolute atomic E-state index is 0.0402. The number of hydrogen-bond acceptors (Lipinski definition) is 3. The number of aliphatic carboxylic acids is 1. The van der Waals surface area contributed by atoms with E-state index in [4.69, 9.17) is 0 Å². The van der Waals surface area contributed by atoms with Gasteiger partial charge in [-0.1, -0.05) is 6.92 Å². The van der Waals surface area contributed by atoms with E-state index in [-0.39, 0.29) is 17.9 Å². The number of amides is 1. The molecule has 0 aliphatic carbocycles. The van der Waals surface area contributed by atoms with Crippen molar-refractivity contribution in [1.82, 2.24) is 14.7 Å². The van der Waals surface area contributed by atoms with Gasteiger partial charge in [0.1, 0.15) is 0 Å². The second-order valence-electron chi connectivity index (χ2n) is 5.60. The number of piperidine rings is 1. The van der Waals surface area contributed by atoms with E-state index in [1.54, 1.807) is 9.58 Å². The molecule has 1 fully saturated rings. The summed E-state index contributed by atoms with van der Waals surface area (Å²) in [6.45, 7) is 4.18. The monoisotopic (exact) mass is 279 g/mol. The van der Waals surface area contributed by atoms with Gasteiger partial charge < -0.3 is 10.0 Å². The highest BCUT2D eigenvalue weighted by atomic mass is 16.4. The van der Waals surface area contributed by atoms with Crippen molar-refractivity contribution in [3.63, 3.8) is 0 Å². The molecule has 1 N–H and O–H groups in total. The smallest absolute Gasteiger partial charge is 0.308 e. The third-order valence-electron chi connectivity index (χ3n) is 4.10. The minimum atomic E-state index is -0.819. The summed E-state index contributed by atoms with van der Waals surface area (Å²) < 4.78 is 1.72. The van der Waals surface area contributed by atoms with Crippen LogP contribution in [0.4, 0.5) is 0 Å². The Labute approximate surface area is 118 Å². The molecule has 20 heavy (non-hydrogen) atoms. The molecular weight excluding hydrogens is 258 g/mol. The molecule has 6 heteroatoms. The first-order valence-electron chi connectivity index (χ1n) is 6.91. The van der Waals surface area contributed by atoms with Gasteiger partial charge in [-0.25, -0.2) is 0 Å². The Morgan fingerprint density at radius 1 is 1.50 bits per heavy atom. The highest BCUT2D eigenvalue weighted by Crippen LogP contribution is 2.30. The molecule has 6 nitrogen and oxygen atoms in total. The molecule has 1 aliphatic rings. The van der Waals surface area contributed by atoms with E-state index in [1.807, 2.05) is 33.2 Å². The average molecular weight is 279 g/mol. The summed E-state index contributed by atoms with van der Waals surface area (Å²) in [5.74, 6) is -1.38. The third kappa shape index (κ3) is 2.84. The molecule has 2 rings (SSSR count). The fraction of sp³-hybridized carbons (Fsp3) is 0.643. The van der Waals surface area contributed by atoms with E-state index >= 15 is 0 Å². The lowest BCUT2D eigenvalue weighted by molar-refractivity contribution is -0.154. The largest absolute Gasteiger partial charge is 0.481 e. The first-order chi connectivity index (χ1) is 9.40. The first-order valence-corrected chi connectivity index (χ1v) is 6.91. The summed E-state index contributed by atoms with van der Waals surface area (Å²) in [6.07, 6.45) is 2.82. The lowest BCUT2D eigenvalue weighted by atomic mass is 9.81. The van der Waals surface area contributed by atoms with Crippen molar-refractivity contribution in [2.45, 2.75) is 32.7 Å². The van der Waals surface area contributed by atoms with E-state index in [2.05, 4.69) is 5.10 Å². The number of carbonyl (C=O) groups is 2. The molecule has 0 spiro atoms. The Balaban J connectivity index is 2.05. The Kier molecular flexibility index (Phi) is 4.11. The third-order valence-corrected chi connectivity index (χ3v) is 4.10. The lowest BCUT2D eigenvalue weighted by Gasteiger charge is -2.40. The van der Waals surface area contributed by atoms with Gasteiger partial charge in [0.2, 0.25) is 5.91 Å². The molecule has 3 unspecified atom stereocenters. The molecular formula is C14H21N3O3. The molecule has 1 saturated heterocycles. The molecule has 110 valence electrons. The molecule has 3 atom stereocenters. The highest BCUT2D eigenvalue weighted by Gasteiger charge is 2.41. The molecule has 0 aromatic carbocycles. The topological polar surface area (TPSA) is 75.4 Å². The highest BCUT2D eigenvalue weighted by molar-refractivity contribution is 5.81. The SMILES string of the molecule is CC1CC(=O)N(CCc2ccn(C)n2)C(C)C1C(=O)O. The summed E-state index contributed by atoms with van der Waals surface area (Å²) in [5, 5.41) is 13.6. The molecule has 0 saturated carbocycles. The molecule has 0 radical (unpaired) electrons. The number of carbonyl (C=O) groups excluding carboxylic acids is 1. The summed E-state index contributed by atoms with van der Waals surface area (Å²) in [7, 11) is 1.85. The Hall–Kier alpha value is -1.85. The predicted molar refractivity (Wildman–Crippen MR) is 73.0 cm³/mol. The fourth-order valence-electron chi connectivity index (χ4n) is 3.03. The molecule has 1 aliphatic heterocycles. The van der Waals surface area contributed by atoms with E-state index in [9.17, 15) is 14.7 Å². The van der Waals surface area contributed by atoms with Crippen LogP contribution in [0, 0.1) is 11.8 Å². The van der Waals surface area contributed by atoms with Crippen molar-refractivity contribution < 1.29 is 14.7 Å². The van der Waals surface area contributed by atoms with Crippen LogP contribution >= 0.6 is 0 Å². The maximum absolute atomic E-state index is 12.1. The minimum Gasteiger partial charge on any atom is -0.481 e. The number of likely N-dealkylation sites (tertiary alicyclic amines) is 1. The van der Waals surface area contributed by atoms with Gasteiger partial charge in [0.25, 0.3) is 0 Å². The number of nitrogens with zero attached hydrogens (tertiary/aromatic N) is 3. The number of hydrogen-bond donors (Lipinski definition) is 1. The summed E-state index contributed by atoms with van der Waals surface area (Å²) >= 11 is 0. The van der Waals surface area contributed by atoms with E-state index in [0.717, 1.165) is 5.69 Å². The van der Waals surface area contributed by atoms with Crippen molar-refractivity contribution in [2.75, 3.05) is 6.54 Å². The van der Waals surface area contributed by atoms with Gasteiger partial charge in [-0.05, 0) is 18.9 Å². The van der Waals surface area contributed by atoms with E-state index in [1.165, 1.54) is 0 Å². The number of carboxylic acid groups (broad SMARTS) is 1. The van der Waals surface area contributed by atoms with Crippen LogP contribution in [-0.4, -0.2) is 44.3 Å². The van der Waals surface area contributed by atoms with Crippen molar-refractivity contribution in [3.8, 4) is 0 Å². The van der Waals surface area contributed by atoms with Crippen molar-refractivity contribution in [3.05, 3.63) is 18.0 Å². The molecule has 1 aromatic heterocycles. The van der Waals surface area contributed by atoms with Gasteiger partial charge in [-0.2, -0.15) is 5.10 Å². The normalized spacial score (nSPS) is 26.9. The maximum atomic E-state index is 12.1. The quantitative estimate of drug-likeness (QED) is 0.889. The summed E-state index contributed by atoms with van der Waals surface area (Å²) in [5.41, 5.74) is 0.915. The van der Waals surface area contributed by atoms with Crippen LogP contribution < -0.4 is 0 Å². The van der Waals surface area contributed by atoms with Gasteiger partial charge in [0.05, 0.1) is 11.6 Å². The fourth-order valence-corrected chi connectivity index (χ4v) is 3.03. The number of carboxylic acids is 1. The van der Waals surface area contributed by atoms with Crippen LogP contribution in [0.15, 0.2) is 12.3 Å². The molecule has 0 bridgehead atoms. The molecule has 1 aromatic rings. The van der Waals surface area contributed by atoms with Crippen LogP contribution in [0.5, 0.6) is 0 Å². The molecule has 1 amide bonds. The molecule has 2 heterocycles. The standard InChI is InChI=1S/C14H21N3O3/c1-9-8-12(18)17(10(2)13(9)14(19)20)7-5-11-4-6-16(3)15-11/h4,6,9-10,13H,5,7-8H2,1-3H3,(H,19,20). The van der Waals surface area contributed by atoms with Crippen LogP contribution in [0.25, 0.3) is 0 Å². The number of aryl methyl sites for hydroxylation is 1.